The molecule has 0 aliphatic carbocycles. The molecule has 0 saturated heterocycles. The van der Waals surface area contributed by atoms with E-state index < -0.39 is 0 Å². The van der Waals surface area contributed by atoms with Gasteiger partial charge in [-0.25, -0.2) is 0 Å². The summed E-state index contributed by atoms with van der Waals surface area (Å²) in [5, 5.41) is 11.6. The first kappa shape index (κ1) is 11.4. The van der Waals surface area contributed by atoms with Crippen molar-refractivity contribution in [3.8, 4) is 5.75 Å². The minimum absolute atomic E-state index is 0.0528. The van der Waals surface area contributed by atoms with E-state index in [4.69, 9.17) is 15.7 Å². The van der Waals surface area contributed by atoms with E-state index in [1.165, 1.54) is 0 Å². The number of benzene rings is 1. The molecular weight excluding hydrogens is 192 g/mol. The summed E-state index contributed by atoms with van der Waals surface area (Å²) in [6.45, 7) is 5.82. The van der Waals surface area contributed by atoms with Crippen molar-refractivity contribution in [2.75, 3.05) is 0 Å². The van der Waals surface area contributed by atoms with Gasteiger partial charge in [0.2, 0.25) is 0 Å². The van der Waals surface area contributed by atoms with Gasteiger partial charge in [-0.1, -0.05) is 11.2 Å². The number of nitrogens with two attached hydrogens (primary N) is 1. The predicted octanol–water partition coefficient (Wildman–Crippen LogP) is 1.88. The van der Waals surface area contributed by atoms with Crippen molar-refractivity contribution in [1.29, 1.82) is 0 Å². The summed E-state index contributed by atoms with van der Waals surface area (Å²) in [5.41, 5.74) is 7.22. The number of hydrogen-bond donors (Lipinski definition) is 2. The minimum atomic E-state index is 0.0528. The quantitative estimate of drug-likeness (QED) is 0.345. The number of hydrogen-bond acceptors (Lipinski definition) is 3. The molecule has 1 aromatic carbocycles. The highest BCUT2D eigenvalue weighted by Gasteiger charge is 2.09. The van der Waals surface area contributed by atoms with Gasteiger partial charge in [-0.05, 0) is 38.5 Å². The lowest BCUT2D eigenvalue weighted by Crippen LogP contribution is -2.16. The smallest absolute Gasteiger partial charge is 0.173 e. The molecule has 0 heterocycles. The maximum Gasteiger partial charge on any atom is 0.173 e. The molecule has 0 atom stereocenters. The van der Waals surface area contributed by atoms with E-state index in [-0.39, 0.29) is 11.9 Å². The Morgan fingerprint density at radius 1 is 1.47 bits per heavy atom. The molecule has 0 radical (unpaired) electrons. The largest absolute Gasteiger partial charge is 0.490 e. The van der Waals surface area contributed by atoms with Crippen LogP contribution in [0.15, 0.2) is 23.4 Å². The normalized spacial score (nSPS) is 11.9. The van der Waals surface area contributed by atoms with E-state index in [0.29, 0.717) is 11.3 Å². The van der Waals surface area contributed by atoms with Crippen molar-refractivity contribution in [3.05, 3.63) is 29.3 Å². The van der Waals surface area contributed by atoms with Crippen LogP contribution < -0.4 is 10.5 Å². The second-order valence-corrected chi connectivity index (χ2v) is 3.65. The van der Waals surface area contributed by atoms with Crippen LogP contribution in [-0.2, 0) is 0 Å². The zero-order chi connectivity index (χ0) is 11.4. The van der Waals surface area contributed by atoms with Gasteiger partial charge in [0, 0.05) is 0 Å². The molecule has 0 unspecified atom stereocenters. The van der Waals surface area contributed by atoms with Crippen molar-refractivity contribution < 1.29 is 9.94 Å². The summed E-state index contributed by atoms with van der Waals surface area (Å²) in [4.78, 5) is 0. The molecule has 0 saturated carbocycles. The van der Waals surface area contributed by atoms with E-state index in [9.17, 15) is 0 Å². The van der Waals surface area contributed by atoms with E-state index in [2.05, 4.69) is 5.16 Å². The third-order valence-electron chi connectivity index (χ3n) is 1.88. The molecule has 4 nitrogen and oxygen atoms in total. The van der Waals surface area contributed by atoms with Crippen molar-refractivity contribution in [3.63, 3.8) is 0 Å². The van der Waals surface area contributed by atoms with E-state index >= 15 is 0 Å². The third kappa shape index (κ3) is 2.87. The first-order valence-electron chi connectivity index (χ1n) is 4.79. The van der Waals surface area contributed by atoms with Crippen molar-refractivity contribution in [2.45, 2.75) is 26.9 Å². The van der Waals surface area contributed by atoms with Gasteiger partial charge in [0.05, 0.1) is 11.7 Å². The van der Waals surface area contributed by atoms with Crippen LogP contribution in [0.5, 0.6) is 5.75 Å². The van der Waals surface area contributed by atoms with Crippen molar-refractivity contribution >= 4 is 5.84 Å². The molecule has 1 aromatic rings. The first-order chi connectivity index (χ1) is 7.04. The number of aryl methyl sites for hydroxylation is 1. The molecule has 0 aliphatic heterocycles. The van der Waals surface area contributed by atoms with Crippen LogP contribution in [0.4, 0.5) is 0 Å². The number of ether oxygens (including phenoxy) is 1. The van der Waals surface area contributed by atoms with Gasteiger partial charge >= 0.3 is 0 Å². The molecule has 4 heteroatoms. The number of nitrogens with zero attached hydrogens (tertiary/aromatic N) is 1. The Morgan fingerprint density at radius 3 is 2.67 bits per heavy atom. The number of amidine groups is 1. The van der Waals surface area contributed by atoms with Crippen LogP contribution in [0.2, 0.25) is 0 Å². The molecule has 0 aliphatic rings. The highest BCUT2D eigenvalue weighted by molar-refractivity contribution is 5.99. The lowest BCUT2D eigenvalue weighted by molar-refractivity contribution is 0.241. The van der Waals surface area contributed by atoms with Crippen LogP contribution in [-0.4, -0.2) is 17.1 Å². The molecule has 0 fully saturated rings. The van der Waals surface area contributed by atoms with Gasteiger partial charge in [0.15, 0.2) is 5.84 Å². The van der Waals surface area contributed by atoms with E-state index in [1.807, 2.05) is 32.9 Å². The van der Waals surface area contributed by atoms with Crippen LogP contribution >= 0.6 is 0 Å². The highest BCUT2D eigenvalue weighted by atomic mass is 16.5. The monoisotopic (exact) mass is 208 g/mol. The summed E-state index contributed by atoms with van der Waals surface area (Å²) in [5.74, 6) is 0.700. The third-order valence-corrected chi connectivity index (χ3v) is 1.88. The molecule has 0 aromatic heterocycles. The fourth-order valence-electron chi connectivity index (χ4n) is 1.25. The van der Waals surface area contributed by atoms with Crippen LogP contribution in [0, 0.1) is 6.92 Å². The zero-order valence-corrected chi connectivity index (χ0v) is 9.19. The molecule has 1 rings (SSSR count). The Morgan fingerprint density at radius 2 is 2.13 bits per heavy atom. The summed E-state index contributed by atoms with van der Waals surface area (Å²) in [6, 6.07) is 5.54. The number of oxime groups is 1. The Labute approximate surface area is 89.4 Å². The molecule has 3 N–H and O–H groups in total. The second kappa shape index (κ2) is 4.68. The maximum absolute atomic E-state index is 8.62. The standard InChI is InChI=1S/C11H16N2O2/c1-7(2)15-10-6-8(3)4-5-9(10)11(12)13-14/h4-7,14H,1-3H3,(H2,12,13). The van der Waals surface area contributed by atoms with Gasteiger partial charge in [0.25, 0.3) is 0 Å². The van der Waals surface area contributed by atoms with Gasteiger partial charge in [0.1, 0.15) is 5.75 Å². The summed E-state index contributed by atoms with van der Waals surface area (Å²) in [7, 11) is 0. The summed E-state index contributed by atoms with van der Waals surface area (Å²) in [6.07, 6.45) is 0.0528. The maximum atomic E-state index is 8.62. The SMILES string of the molecule is Cc1ccc(C(N)=NO)c(OC(C)C)c1. The fraction of sp³-hybridized carbons (Fsp3) is 0.364. The van der Waals surface area contributed by atoms with E-state index in [0.717, 1.165) is 5.56 Å². The van der Waals surface area contributed by atoms with Gasteiger partial charge < -0.3 is 15.7 Å². The number of rotatable bonds is 3. The Bertz CT molecular complexity index is 373. The predicted molar refractivity (Wildman–Crippen MR) is 59.5 cm³/mol. The lowest BCUT2D eigenvalue weighted by Gasteiger charge is -2.14. The zero-order valence-electron chi connectivity index (χ0n) is 9.19. The van der Waals surface area contributed by atoms with Crippen LogP contribution in [0.3, 0.4) is 0 Å². The first-order valence-corrected chi connectivity index (χ1v) is 4.79. The van der Waals surface area contributed by atoms with Gasteiger partial charge in [-0.15, -0.1) is 0 Å². The Balaban J connectivity index is 3.14. The molecule has 82 valence electrons. The Hall–Kier alpha value is -1.71. The van der Waals surface area contributed by atoms with Crippen LogP contribution in [0.1, 0.15) is 25.0 Å². The average molecular weight is 208 g/mol. The molecule has 0 amide bonds. The van der Waals surface area contributed by atoms with E-state index in [1.54, 1.807) is 6.07 Å². The molecule has 15 heavy (non-hydrogen) atoms. The summed E-state index contributed by atoms with van der Waals surface area (Å²) >= 11 is 0. The van der Waals surface area contributed by atoms with Crippen LogP contribution in [0.25, 0.3) is 0 Å². The molecule has 0 spiro atoms. The van der Waals surface area contributed by atoms with Crippen molar-refractivity contribution in [2.24, 2.45) is 10.9 Å². The summed E-state index contributed by atoms with van der Waals surface area (Å²) < 4.78 is 5.58. The molecular formula is C11H16N2O2. The topological polar surface area (TPSA) is 67.8 Å². The second-order valence-electron chi connectivity index (χ2n) is 3.65. The van der Waals surface area contributed by atoms with Crippen molar-refractivity contribution in [1.82, 2.24) is 0 Å². The fourth-order valence-corrected chi connectivity index (χ4v) is 1.25. The lowest BCUT2D eigenvalue weighted by atomic mass is 10.1. The molecule has 0 bridgehead atoms. The highest BCUT2D eigenvalue weighted by Crippen LogP contribution is 2.21. The van der Waals surface area contributed by atoms with Gasteiger partial charge in [-0.3, -0.25) is 0 Å². The minimum Gasteiger partial charge on any atom is -0.490 e. The average Bonchev–Trinajstić information content (AvgIpc) is 2.16. The Kier molecular flexibility index (Phi) is 3.55. The van der Waals surface area contributed by atoms with Gasteiger partial charge in [-0.2, -0.15) is 0 Å².